The van der Waals surface area contributed by atoms with Crippen molar-refractivity contribution in [3.8, 4) is 11.8 Å². The first-order valence-electron chi connectivity index (χ1n) is 4.65. The molecule has 4 heteroatoms. The van der Waals surface area contributed by atoms with Crippen LogP contribution in [0.5, 0.6) is 5.75 Å². The van der Waals surface area contributed by atoms with E-state index in [4.69, 9.17) is 10.00 Å². The van der Waals surface area contributed by atoms with Gasteiger partial charge in [-0.05, 0) is 26.1 Å². The third-order valence-corrected chi connectivity index (χ3v) is 2.66. The summed E-state index contributed by atoms with van der Waals surface area (Å²) >= 11 is 3.38. The summed E-state index contributed by atoms with van der Waals surface area (Å²) in [5.74, 6) is 0.743. The second kappa shape index (κ2) is 5.74. The lowest BCUT2D eigenvalue weighted by Gasteiger charge is -2.15. The zero-order valence-electron chi connectivity index (χ0n) is 8.75. The summed E-state index contributed by atoms with van der Waals surface area (Å²) in [7, 11) is 1.89. The molecule has 0 aliphatic rings. The van der Waals surface area contributed by atoms with Crippen LogP contribution in [0.4, 0.5) is 0 Å². The maximum atomic E-state index is 8.48. The number of rotatable bonds is 4. The lowest BCUT2D eigenvalue weighted by atomic mass is 10.1. The number of hydrogen-bond donors (Lipinski definition) is 1. The molecule has 1 rings (SSSR count). The Morgan fingerprint density at radius 1 is 1.60 bits per heavy atom. The van der Waals surface area contributed by atoms with Gasteiger partial charge in [0.2, 0.25) is 0 Å². The van der Waals surface area contributed by atoms with E-state index < -0.39 is 0 Å². The van der Waals surface area contributed by atoms with Gasteiger partial charge < -0.3 is 10.1 Å². The molecule has 0 saturated carbocycles. The molecule has 0 aliphatic carbocycles. The van der Waals surface area contributed by atoms with E-state index in [0.29, 0.717) is 0 Å². The van der Waals surface area contributed by atoms with Gasteiger partial charge in [-0.15, -0.1) is 0 Å². The highest BCUT2D eigenvalue weighted by molar-refractivity contribution is 9.10. The quantitative estimate of drug-likeness (QED) is 0.913. The molecule has 0 fully saturated rings. The Kier molecular flexibility index (Phi) is 4.60. The molecule has 80 valence electrons. The number of nitriles is 1. The third kappa shape index (κ3) is 3.22. The van der Waals surface area contributed by atoms with Gasteiger partial charge in [0.05, 0.1) is 0 Å². The van der Waals surface area contributed by atoms with Crippen molar-refractivity contribution in [3.63, 3.8) is 0 Å². The number of nitrogens with one attached hydrogen (secondary N) is 1. The molecule has 3 nitrogen and oxygen atoms in total. The summed E-state index contributed by atoms with van der Waals surface area (Å²) in [6.45, 7) is 2.11. The van der Waals surface area contributed by atoms with E-state index in [-0.39, 0.29) is 12.6 Å². The van der Waals surface area contributed by atoms with Crippen molar-refractivity contribution >= 4 is 15.9 Å². The SMILES string of the molecule is CNC(C)c1ccc(Br)cc1OCC#N. The number of nitrogens with zero attached hydrogens (tertiary/aromatic N) is 1. The average Bonchev–Trinajstić information content (AvgIpc) is 2.25. The molecule has 1 aromatic carbocycles. The Balaban J connectivity index is 2.98. The minimum Gasteiger partial charge on any atom is -0.478 e. The van der Waals surface area contributed by atoms with Crippen molar-refractivity contribution in [2.75, 3.05) is 13.7 Å². The summed E-state index contributed by atoms with van der Waals surface area (Å²) in [6, 6.07) is 7.98. The van der Waals surface area contributed by atoms with E-state index in [1.54, 1.807) is 0 Å². The Morgan fingerprint density at radius 2 is 2.33 bits per heavy atom. The zero-order chi connectivity index (χ0) is 11.3. The van der Waals surface area contributed by atoms with Crippen molar-refractivity contribution in [1.82, 2.24) is 5.32 Å². The van der Waals surface area contributed by atoms with Crippen molar-refractivity contribution in [2.45, 2.75) is 13.0 Å². The van der Waals surface area contributed by atoms with Crippen LogP contribution in [0.2, 0.25) is 0 Å². The second-order valence-corrected chi connectivity index (χ2v) is 4.05. The van der Waals surface area contributed by atoms with Crippen LogP contribution in [-0.2, 0) is 0 Å². The van der Waals surface area contributed by atoms with Crippen molar-refractivity contribution < 1.29 is 4.74 Å². The highest BCUT2D eigenvalue weighted by Gasteiger charge is 2.10. The monoisotopic (exact) mass is 268 g/mol. The Morgan fingerprint density at radius 3 is 2.93 bits per heavy atom. The summed E-state index contributed by atoms with van der Waals surface area (Å²) in [6.07, 6.45) is 0. The maximum absolute atomic E-state index is 8.48. The molecule has 0 radical (unpaired) electrons. The molecule has 0 heterocycles. The minimum atomic E-state index is 0.0693. The molecule has 0 saturated heterocycles. The summed E-state index contributed by atoms with van der Waals surface area (Å²) in [5.41, 5.74) is 1.05. The van der Waals surface area contributed by atoms with Gasteiger partial charge in [-0.2, -0.15) is 5.26 Å². The Hall–Kier alpha value is -1.05. The van der Waals surface area contributed by atoms with Crippen LogP contribution in [0.1, 0.15) is 18.5 Å². The van der Waals surface area contributed by atoms with Crippen LogP contribution < -0.4 is 10.1 Å². The summed E-state index contributed by atoms with van der Waals surface area (Å²) < 4.78 is 6.31. The fourth-order valence-corrected chi connectivity index (χ4v) is 1.60. The first kappa shape index (κ1) is 12.0. The van der Waals surface area contributed by atoms with Crippen molar-refractivity contribution in [1.29, 1.82) is 5.26 Å². The van der Waals surface area contributed by atoms with Gasteiger partial charge in [0.25, 0.3) is 0 Å². The lowest BCUT2D eigenvalue weighted by molar-refractivity contribution is 0.359. The Bertz CT molecular complexity index is 373. The predicted molar refractivity (Wildman–Crippen MR) is 62.7 cm³/mol. The molecule has 1 atom stereocenters. The van der Waals surface area contributed by atoms with E-state index in [1.165, 1.54) is 0 Å². The van der Waals surface area contributed by atoms with Crippen LogP contribution in [0.3, 0.4) is 0 Å². The van der Waals surface area contributed by atoms with Gasteiger partial charge in [-0.3, -0.25) is 0 Å². The molecular formula is C11H13BrN2O. The van der Waals surface area contributed by atoms with E-state index >= 15 is 0 Å². The third-order valence-electron chi connectivity index (χ3n) is 2.17. The number of benzene rings is 1. The smallest absolute Gasteiger partial charge is 0.174 e. The average molecular weight is 269 g/mol. The van der Waals surface area contributed by atoms with E-state index in [1.807, 2.05) is 38.2 Å². The summed E-state index contributed by atoms with van der Waals surface area (Å²) in [5, 5.41) is 11.6. The van der Waals surface area contributed by atoms with Gasteiger partial charge in [-0.1, -0.05) is 22.0 Å². The molecule has 15 heavy (non-hydrogen) atoms. The highest BCUT2D eigenvalue weighted by Crippen LogP contribution is 2.28. The highest BCUT2D eigenvalue weighted by atomic mass is 79.9. The van der Waals surface area contributed by atoms with Gasteiger partial charge in [0, 0.05) is 16.1 Å². The first-order valence-corrected chi connectivity index (χ1v) is 5.44. The second-order valence-electron chi connectivity index (χ2n) is 3.14. The number of hydrogen-bond acceptors (Lipinski definition) is 3. The predicted octanol–water partition coefficient (Wildman–Crippen LogP) is 2.63. The van der Waals surface area contributed by atoms with Gasteiger partial charge in [0.1, 0.15) is 11.8 Å². The van der Waals surface area contributed by atoms with E-state index in [9.17, 15) is 0 Å². The molecule has 0 amide bonds. The van der Waals surface area contributed by atoms with Crippen LogP contribution in [0.15, 0.2) is 22.7 Å². The van der Waals surface area contributed by atoms with Crippen LogP contribution in [0.25, 0.3) is 0 Å². The van der Waals surface area contributed by atoms with Gasteiger partial charge in [-0.25, -0.2) is 0 Å². The molecule has 0 aliphatic heterocycles. The van der Waals surface area contributed by atoms with Crippen LogP contribution in [0, 0.1) is 11.3 Å². The fraction of sp³-hybridized carbons (Fsp3) is 0.364. The molecule has 0 bridgehead atoms. The van der Waals surface area contributed by atoms with Gasteiger partial charge in [0.15, 0.2) is 6.61 Å². The fourth-order valence-electron chi connectivity index (χ4n) is 1.26. The number of ether oxygens (including phenoxy) is 1. The maximum Gasteiger partial charge on any atom is 0.174 e. The molecule has 1 unspecified atom stereocenters. The molecule has 0 aromatic heterocycles. The molecule has 0 spiro atoms. The normalized spacial score (nSPS) is 11.9. The van der Waals surface area contributed by atoms with Crippen LogP contribution >= 0.6 is 15.9 Å². The lowest BCUT2D eigenvalue weighted by Crippen LogP contribution is -2.13. The largest absolute Gasteiger partial charge is 0.478 e. The van der Waals surface area contributed by atoms with Crippen LogP contribution in [-0.4, -0.2) is 13.7 Å². The molecule has 1 aromatic rings. The van der Waals surface area contributed by atoms with Crippen molar-refractivity contribution in [2.24, 2.45) is 0 Å². The van der Waals surface area contributed by atoms with Gasteiger partial charge >= 0.3 is 0 Å². The summed E-state index contributed by atoms with van der Waals surface area (Å²) in [4.78, 5) is 0. The number of halogens is 1. The first-order chi connectivity index (χ1) is 7.19. The Labute approximate surface area is 98.2 Å². The van der Waals surface area contributed by atoms with Crippen molar-refractivity contribution in [3.05, 3.63) is 28.2 Å². The topological polar surface area (TPSA) is 45.0 Å². The van der Waals surface area contributed by atoms with E-state index in [0.717, 1.165) is 15.8 Å². The standard InChI is InChI=1S/C11H13BrN2O/c1-8(14-2)10-4-3-9(12)7-11(10)15-6-5-13/h3-4,7-8,14H,6H2,1-2H3. The zero-order valence-corrected chi connectivity index (χ0v) is 10.3. The minimum absolute atomic E-state index is 0.0693. The van der Waals surface area contributed by atoms with E-state index in [2.05, 4.69) is 21.2 Å². The molecular weight excluding hydrogens is 256 g/mol. The molecule has 1 N–H and O–H groups in total.